The van der Waals surface area contributed by atoms with Gasteiger partial charge in [-0.05, 0) is 29.7 Å². The van der Waals surface area contributed by atoms with Crippen molar-refractivity contribution < 1.29 is 8.42 Å². The summed E-state index contributed by atoms with van der Waals surface area (Å²) in [6.07, 6.45) is 3.93. The third-order valence-electron chi connectivity index (χ3n) is 3.67. The quantitative estimate of drug-likeness (QED) is 0.780. The SMILES string of the molecule is CCC(NS(=O)(=O)c1ccc2c(c1)CNC2)c1ncc[nH]1. The first-order valence-electron chi connectivity index (χ1n) is 6.94. The maximum absolute atomic E-state index is 12.5. The third kappa shape index (κ3) is 2.85. The molecule has 0 bridgehead atoms. The van der Waals surface area contributed by atoms with Crippen molar-refractivity contribution in [3.63, 3.8) is 0 Å². The number of hydrogen-bond acceptors (Lipinski definition) is 4. The Kier molecular flexibility index (Phi) is 3.79. The van der Waals surface area contributed by atoms with E-state index in [1.807, 2.05) is 13.0 Å². The number of aromatic amines is 1. The van der Waals surface area contributed by atoms with Gasteiger partial charge in [-0.1, -0.05) is 13.0 Å². The predicted molar refractivity (Wildman–Crippen MR) is 78.9 cm³/mol. The van der Waals surface area contributed by atoms with Crippen LogP contribution in [0.15, 0.2) is 35.5 Å². The van der Waals surface area contributed by atoms with Gasteiger partial charge in [-0.2, -0.15) is 0 Å². The fraction of sp³-hybridized carbons (Fsp3) is 0.357. The summed E-state index contributed by atoms with van der Waals surface area (Å²) in [6, 6.07) is 4.92. The van der Waals surface area contributed by atoms with Crippen LogP contribution >= 0.6 is 0 Å². The van der Waals surface area contributed by atoms with Gasteiger partial charge in [0.25, 0.3) is 0 Å². The molecule has 1 aromatic heterocycles. The first-order chi connectivity index (χ1) is 10.1. The van der Waals surface area contributed by atoms with Crippen LogP contribution in [-0.4, -0.2) is 18.4 Å². The number of hydrogen-bond donors (Lipinski definition) is 3. The zero-order valence-corrected chi connectivity index (χ0v) is 12.6. The normalized spacial score (nSPS) is 15.9. The van der Waals surface area contributed by atoms with Crippen LogP contribution in [0.2, 0.25) is 0 Å². The van der Waals surface area contributed by atoms with E-state index in [9.17, 15) is 8.42 Å². The van der Waals surface area contributed by atoms with Crippen molar-refractivity contribution in [2.24, 2.45) is 0 Å². The molecule has 0 saturated heterocycles. The van der Waals surface area contributed by atoms with Crippen LogP contribution in [0.5, 0.6) is 0 Å². The zero-order chi connectivity index (χ0) is 14.9. The first-order valence-corrected chi connectivity index (χ1v) is 8.42. The molecular formula is C14H18N4O2S. The molecule has 0 aliphatic carbocycles. The van der Waals surface area contributed by atoms with E-state index >= 15 is 0 Å². The fourth-order valence-corrected chi connectivity index (χ4v) is 3.83. The van der Waals surface area contributed by atoms with Gasteiger partial charge < -0.3 is 10.3 Å². The van der Waals surface area contributed by atoms with Gasteiger partial charge in [0.2, 0.25) is 10.0 Å². The van der Waals surface area contributed by atoms with Crippen molar-refractivity contribution in [3.05, 3.63) is 47.5 Å². The van der Waals surface area contributed by atoms with Crippen LogP contribution in [0.25, 0.3) is 0 Å². The minimum absolute atomic E-state index is 0.301. The van der Waals surface area contributed by atoms with Gasteiger partial charge in [0.05, 0.1) is 10.9 Å². The van der Waals surface area contributed by atoms with E-state index < -0.39 is 10.0 Å². The lowest BCUT2D eigenvalue weighted by Crippen LogP contribution is -2.29. The first kappa shape index (κ1) is 14.2. The molecule has 0 radical (unpaired) electrons. The summed E-state index contributed by atoms with van der Waals surface area (Å²) in [5, 5.41) is 3.21. The molecule has 3 rings (SSSR count). The van der Waals surface area contributed by atoms with E-state index in [0.29, 0.717) is 23.7 Å². The second-order valence-electron chi connectivity index (χ2n) is 5.09. The summed E-state index contributed by atoms with van der Waals surface area (Å²) in [5.74, 6) is 0.629. The molecule has 0 fully saturated rings. The van der Waals surface area contributed by atoms with E-state index in [-0.39, 0.29) is 6.04 Å². The van der Waals surface area contributed by atoms with E-state index in [0.717, 1.165) is 17.7 Å². The summed E-state index contributed by atoms with van der Waals surface area (Å²) < 4.78 is 27.8. The van der Waals surface area contributed by atoms with Crippen LogP contribution in [0.3, 0.4) is 0 Å². The zero-order valence-electron chi connectivity index (χ0n) is 11.8. The molecule has 1 unspecified atom stereocenters. The molecule has 21 heavy (non-hydrogen) atoms. The Morgan fingerprint density at radius 1 is 1.33 bits per heavy atom. The molecule has 1 aromatic carbocycles. The Morgan fingerprint density at radius 2 is 2.14 bits per heavy atom. The number of aromatic nitrogens is 2. The number of fused-ring (bicyclic) bond motifs is 1. The lowest BCUT2D eigenvalue weighted by Gasteiger charge is -2.15. The summed E-state index contributed by atoms with van der Waals surface area (Å²) in [5.41, 5.74) is 2.20. The fourth-order valence-electron chi connectivity index (χ4n) is 2.49. The molecule has 1 atom stereocenters. The molecule has 112 valence electrons. The number of benzene rings is 1. The second kappa shape index (κ2) is 5.59. The van der Waals surface area contributed by atoms with Gasteiger partial charge in [-0.3, -0.25) is 0 Å². The average molecular weight is 306 g/mol. The number of H-pyrrole nitrogens is 1. The lowest BCUT2D eigenvalue weighted by atomic mass is 10.1. The highest BCUT2D eigenvalue weighted by Gasteiger charge is 2.23. The van der Waals surface area contributed by atoms with Gasteiger partial charge in [0.1, 0.15) is 5.82 Å². The van der Waals surface area contributed by atoms with E-state index in [1.54, 1.807) is 24.5 Å². The molecule has 6 nitrogen and oxygen atoms in total. The summed E-state index contributed by atoms with van der Waals surface area (Å²) in [4.78, 5) is 7.39. The molecule has 2 heterocycles. The highest BCUT2D eigenvalue weighted by atomic mass is 32.2. The van der Waals surface area contributed by atoms with Gasteiger partial charge in [0, 0.05) is 25.5 Å². The molecule has 7 heteroatoms. The predicted octanol–water partition coefficient (Wildman–Crippen LogP) is 1.44. The van der Waals surface area contributed by atoms with Crippen LogP contribution in [-0.2, 0) is 23.1 Å². The van der Waals surface area contributed by atoms with E-state index in [4.69, 9.17) is 0 Å². The Labute approximate surface area is 124 Å². The summed E-state index contributed by atoms with van der Waals surface area (Å²) in [6.45, 7) is 3.43. The minimum atomic E-state index is -3.56. The highest BCUT2D eigenvalue weighted by Crippen LogP contribution is 2.22. The number of nitrogens with one attached hydrogen (secondary N) is 3. The Balaban J connectivity index is 1.86. The standard InChI is InChI=1S/C14H18N4O2S/c1-2-13(14-16-5-6-17-14)18-21(19,20)12-4-3-10-8-15-9-11(10)7-12/h3-7,13,15,18H,2,8-9H2,1H3,(H,16,17). The molecule has 0 amide bonds. The molecule has 1 aliphatic heterocycles. The van der Waals surface area contributed by atoms with Crippen LogP contribution < -0.4 is 10.0 Å². The van der Waals surface area contributed by atoms with Gasteiger partial charge in [-0.25, -0.2) is 18.1 Å². The van der Waals surface area contributed by atoms with Crippen molar-refractivity contribution >= 4 is 10.0 Å². The molecule has 0 spiro atoms. The average Bonchev–Trinajstić information content (AvgIpc) is 3.14. The number of rotatable bonds is 5. The van der Waals surface area contributed by atoms with Gasteiger partial charge in [0.15, 0.2) is 0 Å². The van der Waals surface area contributed by atoms with Gasteiger partial charge in [-0.15, -0.1) is 0 Å². The topological polar surface area (TPSA) is 86.9 Å². The number of nitrogens with zero attached hydrogens (tertiary/aromatic N) is 1. The second-order valence-corrected chi connectivity index (χ2v) is 6.80. The number of imidazole rings is 1. The number of sulfonamides is 1. The van der Waals surface area contributed by atoms with Crippen molar-refractivity contribution in [1.29, 1.82) is 0 Å². The summed E-state index contributed by atoms with van der Waals surface area (Å²) in [7, 11) is -3.56. The van der Waals surface area contributed by atoms with Crippen molar-refractivity contribution in [2.75, 3.05) is 0 Å². The van der Waals surface area contributed by atoms with Crippen LogP contribution in [0, 0.1) is 0 Å². The Bertz CT molecular complexity index is 725. The van der Waals surface area contributed by atoms with Crippen molar-refractivity contribution in [1.82, 2.24) is 20.0 Å². The van der Waals surface area contributed by atoms with E-state index in [2.05, 4.69) is 20.0 Å². The maximum Gasteiger partial charge on any atom is 0.241 e. The molecule has 3 N–H and O–H groups in total. The van der Waals surface area contributed by atoms with Crippen molar-refractivity contribution in [2.45, 2.75) is 37.4 Å². The molecule has 2 aromatic rings. The van der Waals surface area contributed by atoms with Crippen LogP contribution in [0.1, 0.15) is 36.3 Å². The van der Waals surface area contributed by atoms with Gasteiger partial charge >= 0.3 is 0 Å². The molecular weight excluding hydrogens is 288 g/mol. The minimum Gasteiger partial charge on any atom is -0.347 e. The Hall–Kier alpha value is -1.70. The maximum atomic E-state index is 12.5. The van der Waals surface area contributed by atoms with Crippen molar-refractivity contribution in [3.8, 4) is 0 Å². The Morgan fingerprint density at radius 3 is 2.86 bits per heavy atom. The van der Waals surface area contributed by atoms with Crippen LogP contribution in [0.4, 0.5) is 0 Å². The summed E-state index contributed by atoms with van der Waals surface area (Å²) >= 11 is 0. The highest BCUT2D eigenvalue weighted by molar-refractivity contribution is 7.89. The molecule has 1 aliphatic rings. The smallest absolute Gasteiger partial charge is 0.241 e. The largest absolute Gasteiger partial charge is 0.347 e. The van der Waals surface area contributed by atoms with E-state index in [1.165, 1.54) is 0 Å². The monoisotopic (exact) mass is 306 g/mol. The lowest BCUT2D eigenvalue weighted by molar-refractivity contribution is 0.539. The third-order valence-corrected chi connectivity index (χ3v) is 5.14. The molecule has 0 saturated carbocycles.